The van der Waals surface area contributed by atoms with Crippen molar-refractivity contribution in [1.82, 2.24) is 19.6 Å². The van der Waals surface area contributed by atoms with Crippen LogP contribution in [-0.2, 0) is 11.3 Å². The van der Waals surface area contributed by atoms with Crippen LogP contribution in [0.15, 0.2) is 12.4 Å². The smallest absolute Gasteiger partial charge is 0.243 e. The third kappa shape index (κ3) is 3.39. The third-order valence-electron chi connectivity index (χ3n) is 6.58. The number of aliphatic hydroxyl groups excluding tert-OH is 1. The number of rotatable bonds is 4. The van der Waals surface area contributed by atoms with E-state index in [0.717, 1.165) is 77.5 Å². The summed E-state index contributed by atoms with van der Waals surface area (Å²) in [6.07, 6.45) is 11.0. The Hall–Kier alpha value is -1.11. The van der Waals surface area contributed by atoms with Crippen LogP contribution in [-0.4, -0.2) is 67.9 Å². The van der Waals surface area contributed by atoms with E-state index in [4.69, 9.17) is 11.6 Å². The lowest BCUT2D eigenvalue weighted by Gasteiger charge is -2.48. The molecule has 1 atom stereocenters. The molecule has 1 saturated carbocycles. The van der Waals surface area contributed by atoms with Crippen molar-refractivity contribution in [3.63, 3.8) is 0 Å². The zero-order chi connectivity index (χ0) is 18.1. The molecule has 26 heavy (non-hydrogen) atoms. The van der Waals surface area contributed by atoms with Crippen molar-refractivity contribution < 1.29 is 9.90 Å². The number of likely N-dealkylation sites (tertiary alicyclic amines) is 2. The molecule has 0 radical (unpaired) electrons. The van der Waals surface area contributed by atoms with Crippen LogP contribution < -0.4 is 0 Å². The molecule has 4 rings (SSSR count). The molecule has 1 aromatic heterocycles. The van der Waals surface area contributed by atoms with Crippen molar-refractivity contribution in [2.45, 2.75) is 75.6 Å². The molecule has 3 heterocycles. The quantitative estimate of drug-likeness (QED) is 0.870. The molecule has 1 N–H and O–H groups in total. The Bertz CT molecular complexity index is 643. The fraction of sp³-hybridized carbons (Fsp3) is 0.789. The number of amides is 1. The molecule has 7 heteroatoms. The summed E-state index contributed by atoms with van der Waals surface area (Å²) in [5.41, 5.74) is -0.314. The van der Waals surface area contributed by atoms with Crippen molar-refractivity contribution in [1.29, 1.82) is 0 Å². The van der Waals surface area contributed by atoms with Gasteiger partial charge >= 0.3 is 0 Å². The second kappa shape index (κ2) is 7.49. The summed E-state index contributed by atoms with van der Waals surface area (Å²) < 4.78 is 1.86. The minimum Gasteiger partial charge on any atom is -0.393 e. The Kier molecular flexibility index (Phi) is 5.26. The van der Waals surface area contributed by atoms with E-state index in [0.29, 0.717) is 17.0 Å². The molecule has 1 unspecified atom stereocenters. The fourth-order valence-electron chi connectivity index (χ4n) is 5.21. The van der Waals surface area contributed by atoms with Gasteiger partial charge in [-0.05, 0) is 57.9 Å². The number of carbonyl (C=O) groups excluding carboxylic acids is 1. The Morgan fingerprint density at radius 3 is 2.58 bits per heavy atom. The predicted molar refractivity (Wildman–Crippen MR) is 100.0 cm³/mol. The topological polar surface area (TPSA) is 61.6 Å². The van der Waals surface area contributed by atoms with Crippen LogP contribution in [0, 0.1) is 0 Å². The minimum atomic E-state index is -0.314. The molecule has 1 aromatic rings. The van der Waals surface area contributed by atoms with Crippen LogP contribution in [0.1, 0.15) is 51.4 Å². The van der Waals surface area contributed by atoms with E-state index in [1.165, 1.54) is 0 Å². The van der Waals surface area contributed by atoms with Crippen molar-refractivity contribution in [3.8, 4) is 0 Å². The minimum absolute atomic E-state index is 0.177. The molecular weight excluding hydrogens is 352 g/mol. The van der Waals surface area contributed by atoms with Crippen LogP contribution in [0.3, 0.4) is 0 Å². The van der Waals surface area contributed by atoms with Gasteiger partial charge in [-0.3, -0.25) is 14.4 Å². The molecule has 0 bridgehead atoms. The van der Waals surface area contributed by atoms with Crippen molar-refractivity contribution in [2.75, 3.05) is 19.6 Å². The zero-order valence-corrected chi connectivity index (χ0v) is 16.1. The highest BCUT2D eigenvalue weighted by Gasteiger charge is 2.51. The molecule has 6 nitrogen and oxygen atoms in total. The van der Waals surface area contributed by atoms with E-state index < -0.39 is 0 Å². The molecule has 3 fully saturated rings. The van der Waals surface area contributed by atoms with Gasteiger partial charge in [-0.25, -0.2) is 0 Å². The average Bonchev–Trinajstić information content (AvgIpc) is 3.23. The zero-order valence-electron chi connectivity index (χ0n) is 15.3. The van der Waals surface area contributed by atoms with Crippen molar-refractivity contribution in [3.05, 3.63) is 17.4 Å². The van der Waals surface area contributed by atoms with Crippen molar-refractivity contribution in [2.24, 2.45) is 0 Å². The van der Waals surface area contributed by atoms with Crippen LogP contribution in [0.4, 0.5) is 0 Å². The fourth-order valence-corrected chi connectivity index (χ4v) is 5.36. The summed E-state index contributed by atoms with van der Waals surface area (Å²) in [7, 11) is 0. The first kappa shape index (κ1) is 18.3. The SMILES string of the molecule is O=C1N(C2CCC(O)CC2)CCCC12CCCN2CCn1cc(Cl)cn1. The Morgan fingerprint density at radius 1 is 1.15 bits per heavy atom. The second-order valence-electron chi connectivity index (χ2n) is 8.11. The number of hydrogen-bond donors (Lipinski definition) is 1. The molecule has 144 valence electrons. The number of aromatic nitrogens is 2. The standard InChI is InChI=1S/C19H29ClN4O2/c20-15-13-21-23(14-15)12-11-22-9-1-7-19(22)8-2-10-24(18(19)26)16-3-5-17(25)6-4-16/h13-14,16-17,25H,1-12H2. The Labute approximate surface area is 160 Å². The van der Waals surface area contributed by atoms with E-state index in [1.807, 2.05) is 10.9 Å². The number of hydrogen-bond acceptors (Lipinski definition) is 4. The molecule has 2 saturated heterocycles. The molecule has 3 aliphatic rings. The normalized spacial score (nSPS) is 33.3. The number of nitrogens with zero attached hydrogens (tertiary/aromatic N) is 4. The highest BCUT2D eigenvalue weighted by atomic mass is 35.5. The predicted octanol–water partition coefficient (Wildman–Crippen LogP) is 2.30. The van der Waals surface area contributed by atoms with Crippen LogP contribution in [0.2, 0.25) is 5.02 Å². The van der Waals surface area contributed by atoms with Gasteiger partial charge in [0.1, 0.15) is 5.54 Å². The maximum Gasteiger partial charge on any atom is 0.243 e. The van der Waals surface area contributed by atoms with Gasteiger partial charge in [0.25, 0.3) is 0 Å². The summed E-state index contributed by atoms with van der Waals surface area (Å²) in [5, 5.41) is 14.7. The Balaban J connectivity index is 1.45. The van der Waals surface area contributed by atoms with Gasteiger partial charge in [0.2, 0.25) is 5.91 Å². The largest absolute Gasteiger partial charge is 0.393 e. The Morgan fingerprint density at radius 2 is 1.88 bits per heavy atom. The van der Waals surface area contributed by atoms with Gasteiger partial charge in [-0.1, -0.05) is 11.6 Å². The molecule has 0 aromatic carbocycles. The van der Waals surface area contributed by atoms with Crippen molar-refractivity contribution >= 4 is 17.5 Å². The van der Waals surface area contributed by atoms with Gasteiger partial charge < -0.3 is 10.0 Å². The van der Waals surface area contributed by atoms with Crippen LogP contribution >= 0.6 is 11.6 Å². The van der Waals surface area contributed by atoms with E-state index in [1.54, 1.807) is 6.20 Å². The van der Waals surface area contributed by atoms with E-state index >= 15 is 0 Å². The van der Waals surface area contributed by atoms with Gasteiger partial charge in [0.15, 0.2) is 0 Å². The molecule has 1 amide bonds. The van der Waals surface area contributed by atoms with Crippen LogP contribution in [0.5, 0.6) is 0 Å². The van der Waals surface area contributed by atoms with E-state index in [9.17, 15) is 9.90 Å². The number of aliphatic hydroxyl groups is 1. The molecule has 2 aliphatic heterocycles. The summed E-state index contributed by atoms with van der Waals surface area (Å²) in [6.45, 7) is 3.46. The first-order valence-electron chi connectivity index (χ1n) is 10.0. The van der Waals surface area contributed by atoms with Crippen LogP contribution in [0.25, 0.3) is 0 Å². The van der Waals surface area contributed by atoms with Gasteiger partial charge in [-0.2, -0.15) is 5.10 Å². The first-order valence-corrected chi connectivity index (χ1v) is 10.4. The molecular formula is C19H29ClN4O2. The lowest BCUT2D eigenvalue weighted by molar-refractivity contribution is -0.151. The monoisotopic (exact) mass is 380 g/mol. The molecule has 1 aliphatic carbocycles. The van der Waals surface area contributed by atoms with Gasteiger partial charge in [0.05, 0.1) is 23.9 Å². The second-order valence-corrected chi connectivity index (χ2v) is 8.54. The van der Waals surface area contributed by atoms with E-state index in [-0.39, 0.29) is 11.6 Å². The van der Waals surface area contributed by atoms with E-state index in [2.05, 4.69) is 14.9 Å². The molecule has 1 spiro atoms. The van der Waals surface area contributed by atoms with Gasteiger partial charge in [-0.15, -0.1) is 0 Å². The summed E-state index contributed by atoms with van der Waals surface area (Å²) in [6, 6.07) is 0.315. The number of piperidine rings is 1. The maximum atomic E-state index is 13.5. The lowest BCUT2D eigenvalue weighted by Crippen LogP contribution is -2.62. The summed E-state index contributed by atoms with van der Waals surface area (Å²) >= 11 is 5.96. The number of halogens is 1. The maximum absolute atomic E-state index is 13.5. The third-order valence-corrected chi connectivity index (χ3v) is 6.77. The highest BCUT2D eigenvalue weighted by Crippen LogP contribution is 2.40. The highest BCUT2D eigenvalue weighted by molar-refractivity contribution is 6.30. The first-order chi connectivity index (χ1) is 12.6. The lowest BCUT2D eigenvalue weighted by atomic mass is 9.82. The summed E-state index contributed by atoms with van der Waals surface area (Å²) in [4.78, 5) is 18.1. The number of carbonyl (C=O) groups is 1. The van der Waals surface area contributed by atoms with Gasteiger partial charge in [0, 0.05) is 25.3 Å². The summed E-state index contributed by atoms with van der Waals surface area (Å²) in [5.74, 6) is 0.334. The average molecular weight is 381 g/mol.